The second-order valence-corrected chi connectivity index (χ2v) is 11.0. The van der Waals surface area contributed by atoms with E-state index in [1.165, 1.54) is 37.9 Å². The normalized spacial score (nSPS) is 14.9. The molecule has 0 atom stereocenters. The van der Waals surface area contributed by atoms with Crippen LogP contribution in [0.3, 0.4) is 0 Å². The Labute approximate surface area is 223 Å². The van der Waals surface area contributed by atoms with Crippen molar-refractivity contribution in [1.29, 1.82) is 0 Å². The molecule has 0 bridgehead atoms. The van der Waals surface area contributed by atoms with Gasteiger partial charge in [-0.1, -0.05) is 65.8 Å². The van der Waals surface area contributed by atoms with Crippen LogP contribution in [0.15, 0.2) is 72.0 Å². The number of fused-ring (bicyclic) bond motifs is 1. The number of halogens is 1. The molecule has 1 aliphatic rings. The largest absolute Gasteiger partial charge is 0.373 e. The fourth-order valence-corrected chi connectivity index (χ4v) is 6.26. The summed E-state index contributed by atoms with van der Waals surface area (Å²) in [7, 11) is 2.13. The minimum Gasteiger partial charge on any atom is -0.373 e. The van der Waals surface area contributed by atoms with Crippen molar-refractivity contribution in [1.82, 2.24) is 19.9 Å². The van der Waals surface area contributed by atoms with Gasteiger partial charge in [0, 0.05) is 25.5 Å². The van der Waals surface area contributed by atoms with Gasteiger partial charge in [0.2, 0.25) is 0 Å². The number of aromatic nitrogens is 3. The van der Waals surface area contributed by atoms with Crippen molar-refractivity contribution >= 4 is 40.1 Å². The Morgan fingerprint density at radius 2 is 1.83 bits per heavy atom. The molecule has 4 aromatic rings. The van der Waals surface area contributed by atoms with Crippen LogP contribution in [0.25, 0.3) is 11.0 Å². The molecule has 0 radical (unpaired) electrons. The number of aromatic amines is 1. The summed E-state index contributed by atoms with van der Waals surface area (Å²) in [4.78, 5) is 17.5. The van der Waals surface area contributed by atoms with Gasteiger partial charge in [0.05, 0.1) is 27.4 Å². The summed E-state index contributed by atoms with van der Waals surface area (Å²) in [6.45, 7) is 4.53. The van der Waals surface area contributed by atoms with E-state index >= 15 is 0 Å². The number of nitrogens with one attached hydrogen (secondary N) is 1. The summed E-state index contributed by atoms with van der Waals surface area (Å²) >= 11 is 8.43. The zero-order chi connectivity index (χ0) is 24.7. The molecule has 3 heterocycles. The molecule has 188 valence electrons. The number of hydrogen-bond donors (Lipinski definition) is 1. The molecule has 1 fully saturated rings. The maximum absolute atomic E-state index is 6.80. The van der Waals surface area contributed by atoms with E-state index in [0.717, 1.165) is 58.0 Å². The number of rotatable bonds is 10. The van der Waals surface area contributed by atoms with Crippen LogP contribution in [-0.4, -0.2) is 53.1 Å². The van der Waals surface area contributed by atoms with Crippen molar-refractivity contribution in [2.75, 3.05) is 38.1 Å². The maximum Gasteiger partial charge on any atom is 0.166 e. The molecule has 0 spiro atoms. The first-order valence-electron chi connectivity index (χ1n) is 12.8. The Morgan fingerprint density at radius 3 is 2.64 bits per heavy atom. The molecule has 5 nitrogen and oxygen atoms in total. The molecule has 0 unspecified atom stereocenters. The van der Waals surface area contributed by atoms with Gasteiger partial charge in [-0.3, -0.25) is 4.98 Å². The van der Waals surface area contributed by atoms with Crippen LogP contribution < -0.4 is 4.90 Å². The number of para-hydroxylation sites is 2. The van der Waals surface area contributed by atoms with Crippen molar-refractivity contribution in [3.05, 3.63) is 83.1 Å². The summed E-state index contributed by atoms with van der Waals surface area (Å²) in [5.74, 6) is 1.50. The van der Waals surface area contributed by atoms with E-state index in [1.807, 2.05) is 36.5 Å². The third kappa shape index (κ3) is 6.41. The number of imidazole rings is 1. The van der Waals surface area contributed by atoms with Crippen LogP contribution in [0, 0.1) is 5.92 Å². The van der Waals surface area contributed by atoms with Gasteiger partial charge in [0.25, 0.3) is 0 Å². The third-order valence-corrected chi connectivity index (χ3v) is 8.40. The number of thioether (sulfide) groups is 1. The standard InChI is InChI=1S/C29H34ClN5S/c1-34(16-7-17-35-18-13-23(14-19-35)20-22-8-3-2-4-9-22)27-12-15-31-26(28(27)30)21-36-29-32-24-10-5-6-11-25(24)33-29/h2-6,8-12,15,23H,7,13-14,16-21H2,1H3,(H,32,33). The highest BCUT2D eigenvalue weighted by Gasteiger charge is 2.19. The molecule has 1 saturated heterocycles. The lowest BCUT2D eigenvalue weighted by Gasteiger charge is -2.32. The Kier molecular flexibility index (Phi) is 8.47. The van der Waals surface area contributed by atoms with E-state index in [4.69, 9.17) is 11.6 Å². The monoisotopic (exact) mass is 519 g/mol. The second kappa shape index (κ2) is 12.1. The Balaban J connectivity index is 1.08. The molecule has 5 rings (SSSR count). The fourth-order valence-electron chi connectivity index (χ4n) is 5.02. The number of likely N-dealkylation sites (tertiary alicyclic amines) is 1. The van der Waals surface area contributed by atoms with Crippen LogP contribution >= 0.6 is 23.4 Å². The third-order valence-electron chi connectivity index (χ3n) is 7.11. The number of pyridine rings is 1. The van der Waals surface area contributed by atoms with E-state index in [2.05, 4.69) is 62.1 Å². The molecule has 1 N–H and O–H groups in total. The van der Waals surface area contributed by atoms with E-state index in [1.54, 1.807) is 11.8 Å². The number of anilines is 1. The highest BCUT2D eigenvalue weighted by Crippen LogP contribution is 2.31. The smallest absolute Gasteiger partial charge is 0.166 e. The van der Waals surface area contributed by atoms with Crippen LogP contribution in [-0.2, 0) is 12.2 Å². The average Bonchev–Trinajstić information content (AvgIpc) is 3.33. The van der Waals surface area contributed by atoms with Crippen molar-refractivity contribution in [3.63, 3.8) is 0 Å². The summed E-state index contributed by atoms with van der Waals surface area (Å²) in [5, 5.41) is 1.63. The summed E-state index contributed by atoms with van der Waals surface area (Å²) in [6.07, 6.45) is 6.81. The first-order valence-corrected chi connectivity index (χ1v) is 14.2. The quantitative estimate of drug-likeness (QED) is 0.237. The SMILES string of the molecule is CN(CCCN1CCC(Cc2ccccc2)CC1)c1ccnc(CSc2nc3ccccc3[nH]2)c1Cl. The van der Waals surface area contributed by atoms with Gasteiger partial charge >= 0.3 is 0 Å². The molecule has 1 aliphatic heterocycles. The van der Waals surface area contributed by atoms with Crippen LogP contribution in [0.5, 0.6) is 0 Å². The minimum atomic E-state index is 0.679. The van der Waals surface area contributed by atoms with Gasteiger partial charge in [0.15, 0.2) is 5.16 Å². The zero-order valence-electron chi connectivity index (χ0n) is 20.9. The van der Waals surface area contributed by atoms with Crippen LogP contribution in [0.2, 0.25) is 5.02 Å². The molecule has 0 saturated carbocycles. The van der Waals surface area contributed by atoms with Gasteiger partial charge < -0.3 is 14.8 Å². The topological polar surface area (TPSA) is 48.1 Å². The predicted octanol–water partition coefficient (Wildman–Crippen LogP) is 6.68. The Hall–Kier alpha value is -2.54. The van der Waals surface area contributed by atoms with Crippen molar-refractivity contribution < 1.29 is 0 Å². The van der Waals surface area contributed by atoms with Crippen molar-refractivity contribution in [2.45, 2.75) is 36.6 Å². The van der Waals surface area contributed by atoms with Gasteiger partial charge in [-0.05, 0) is 75.0 Å². The number of hydrogen-bond acceptors (Lipinski definition) is 5. The van der Waals surface area contributed by atoms with Crippen molar-refractivity contribution in [3.8, 4) is 0 Å². The number of piperidine rings is 1. The molecular weight excluding hydrogens is 486 g/mol. The predicted molar refractivity (Wildman–Crippen MR) is 152 cm³/mol. The van der Waals surface area contributed by atoms with Crippen LogP contribution in [0.1, 0.15) is 30.5 Å². The molecule has 0 amide bonds. The lowest BCUT2D eigenvalue weighted by atomic mass is 9.90. The van der Waals surface area contributed by atoms with E-state index in [-0.39, 0.29) is 0 Å². The highest BCUT2D eigenvalue weighted by atomic mass is 35.5. The van der Waals surface area contributed by atoms with Gasteiger partial charge in [-0.25, -0.2) is 4.98 Å². The van der Waals surface area contributed by atoms with E-state index in [9.17, 15) is 0 Å². The number of H-pyrrole nitrogens is 1. The number of benzene rings is 2. The van der Waals surface area contributed by atoms with Crippen LogP contribution in [0.4, 0.5) is 5.69 Å². The minimum absolute atomic E-state index is 0.679. The van der Waals surface area contributed by atoms with Gasteiger partial charge in [0.1, 0.15) is 0 Å². The van der Waals surface area contributed by atoms with Gasteiger partial charge in [-0.2, -0.15) is 0 Å². The first-order chi connectivity index (χ1) is 17.7. The summed E-state index contributed by atoms with van der Waals surface area (Å²) in [6, 6.07) is 21.0. The Bertz CT molecular complexity index is 1220. The highest BCUT2D eigenvalue weighted by molar-refractivity contribution is 7.98. The van der Waals surface area contributed by atoms with E-state index in [0.29, 0.717) is 5.75 Å². The van der Waals surface area contributed by atoms with E-state index < -0.39 is 0 Å². The first kappa shape index (κ1) is 25.1. The fraction of sp³-hybridized carbons (Fsp3) is 0.379. The molecule has 2 aromatic carbocycles. The lowest BCUT2D eigenvalue weighted by molar-refractivity contribution is 0.183. The maximum atomic E-state index is 6.80. The second-order valence-electron chi connectivity index (χ2n) is 9.69. The average molecular weight is 520 g/mol. The zero-order valence-corrected chi connectivity index (χ0v) is 22.4. The summed E-state index contributed by atoms with van der Waals surface area (Å²) < 4.78 is 0. The molecule has 36 heavy (non-hydrogen) atoms. The number of nitrogens with zero attached hydrogens (tertiary/aromatic N) is 4. The molecular formula is C29H34ClN5S. The molecule has 7 heteroatoms. The lowest BCUT2D eigenvalue weighted by Crippen LogP contribution is -2.36. The summed E-state index contributed by atoms with van der Waals surface area (Å²) in [5.41, 5.74) is 5.45. The van der Waals surface area contributed by atoms with Crippen molar-refractivity contribution in [2.24, 2.45) is 5.92 Å². The molecule has 0 aliphatic carbocycles. The Morgan fingerprint density at radius 1 is 1.06 bits per heavy atom. The van der Waals surface area contributed by atoms with Gasteiger partial charge in [-0.15, -0.1) is 0 Å². The molecule has 2 aromatic heterocycles.